The van der Waals surface area contributed by atoms with Gasteiger partial charge in [-0.1, -0.05) is 6.92 Å². The molecule has 0 saturated carbocycles. The van der Waals surface area contributed by atoms with Crippen LogP contribution in [0.25, 0.3) is 0 Å². The number of hydrogen-bond donors (Lipinski definition) is 1. The van der Waals surface area contributed by atoms with Gasteiger partial charge >= 0.3 is 0 Å². The Bertz CT molecular complexity index is 195. The second kappa shape index (κ2) is 2.77. The highest BCUT2D eigenvalue weighted by Gasteiger charge is 1.98. The van der Waals surface area contributed by atoms with Crippen LogP contribution in [0.1, 0.15) is 6.92 Å². The van der Waals surface area contributed by atoms with Crippen LogP contribution >= 0.6 is 0 Å². The predicted molar refractivity (Wildman–Crippen MR) is 35.5 cm³/mol. The highest BCUT2D eigenvalue weighted by Crippen LogP contribution is 2.00. The molecule has 1 atom stereocenters. The number of rotatable bonds is 2. The molecule has 0 radical (unpaired) electrons. The monoisotopic (exact) mass is 144 g/mol. The van der Waals surface area contributed by atoms with Crippen molar-refractivity contribution >= 4 is 10.8 Å². The zero-order valence-corrected chi connectivity index (χ0v) is 5.94. The Labute approximate surface area is 55.9 Å². The third-order valence-corrected chi connectivity index (χ3v) is 2.27. The zero-order chi connectivity index (χ0) is 6.69. The van der Waals surface area contributed by atoms with E-state index in [0.717, 1.165) is 4.90 Å². The molecule has 0 aliphatic heterocycles. The largest absolute Gasteiger partial charge is 0.284 e. The van der Waals surface area contributed by atoms with Crippen molar-refractivity contribution in [3.8, 4) is 0 Å². The topological polar surface area (TPSA) is 45.8 Å². The van der Waals surface area contributed by atoms with Crippen molar-refractivity contribution in [2.75, 3.05) is 5.75 Å². The van der Waals surface area contributed by atoms with E-state index in [2.05, 4.69) is 10.2 Å². The van der Waals surface area contributed by atoms with Crippen molar-refractivity contribution in [1.29, 1.82) is 0 Å². The molecule has 0 aliphatic rings. The molecule has 1 unspecified atom stereocenters. The second-order valence-corrected chi connectivity index (χ2v) is 3.31. The molecule has 0 fully saturated rings. The van der Waals surface area contributed by atoms with Gasteiger partial charge in [0.05, 0.1) is 21.9 Å². The van der Waals surface area contributed by atoms with Crippen molar-refractivity contribution in [2.24, 2.45) is 0 Å². The van der Waals surface area contributed by atoms with E-state index >= 15 is 0 Å². The molecule has 1 aromatic rings. The number of nitrogens with one attached hydrogen (secondary N) is 1. The summed E-state index contributed by atoms with van der Waals surface area (Å²) in [6.45, 7) is 1.88. The van der Waals surface area contributed by atoms with Crippen molar-refractivity contribution < 1.29 is 4.21 Å². The SMILES string of the molecule is CCS(=O)c1cn[nH]c1. The summed E-state index contributed by atoms with van der Waals surface area (Å²) < 4.78 is 10.9. The molecular weight excluding hydrogens is 136 g/mol. The summed E-state index contributed by atoms with van der Waals surface area (Å²) in [7, 11) is -0.853. The Balaban J connectivity index is 2.77. The lowest BCUT2D eigenvalue weighted by atomic mass is 10.7. The number of hydrogen-bond acceptors (Lipinski definition) is 2. The van der Waals surface area contributed by atoms with Crippen LogP contribution in [0, 0.1) is 0 Å². The van der Waals surface area contributed by atoms with Crippen LogP contribution in [0.3, 0.4) is 0 Å². The van der Waals surface area contributed by atoms with Crippen LogP contribution < -0.4 is 0 Å². The van der Waals surface area contributed by atoms with Gasteiger partial charge in [-0.15, -0.1) is 0 Å². The molecule has 0 spiro atoms. The van der Waals surface area contributed by atoms with E-state index in [0.29, 0.717) is 5.75 Å². The summed E-state index contributed by atoms with van der Waals surface area (Å²) in [4.78, 5) is 0.775. The summed E-state index contributed by atoms with van der Waals surface area (Å²) in [5.41, 5.74) is 0. The van der Waals surface area contributed by atoms with Crippen molar-refractivity contribution in [3.63, 3.8) is 0 Å². The Hall–Kier alpha value is -0.640. The normalized spacial score (nSPS) is 13.4. The highest BCUT2D eigenvalue weighted by molar-refractivity contribution is 7.85. The first kappa shape index (κ1) is 6.48. The van der Waals surface area contributed by atoms with Crippen LogP contribution in [0.2, 0.25) is 0 Å². The zero-order valence-electron chi connectivity index (χ0n) is 5.13. The first-order chi connectivity index (χ1) is 4.34. The minimum Gasteiger partial charge on any atom is -0.284 e. The van der Waals surface area contributed by atoms with E-state index in [1.165, 1.54) is 0 Å². The third kappa shape index (κ3) is 1.38. The second-order valence-electron chi connectivity index (χ2n) is 1.57. The van der Waals surface area contributed by atoms with Gasteiger partial charge in [-0.3, -0.25) is 9.31 Å². The van der Waals surface area contributed by atoms with E-state index in [-0.39, 0.29) is 0 Å². The fourth-order valence-corrected chi connectivity index (χ4v) is 1.22. The summed E-state index contributed by atoms with van der Waals surface area (Å²) in [6.07, 6.45) is 3.24. The molecule has 0 aliphatic carbocycles. The van der Waals surface area contributed by atoms with E-state index in [9.17, 15) is 4.21 Å². The van der Waals surface area contributed by atoms with Gasteiger partial charge in [-0.2, -0.15) is 5.10 Å². The first-order valence-corrected chi connectivity index (χ1v) is 4.03. The van der Waals surface area contributed by atoms with Crippen LogP contribution in [0.5, 0.6) is 0 Å². The van der Waals surface area contributed by atoms with Gasteiger partial charge in [0.25, 0.3) is 0 Å². The molecule has 1 N–H and O–H groups in total. The minimum absolute atomic E-state index is 0.652. The lowest BCUT2D eigenvalue weighted by Crippen LogP contribution is -1.90. The number of aromatic amines is 1. The highest BCUT2D eigenvalue weighted by atomic mass is 32.2. The van der Waals surface area contributed by atoms with Gasteiger partial charge in [-0.25, -0.2) is 0 Å². The fraction of sp³-hybridized carbons (Fsp3) is 0.400. The molecular formula is C5H8N2OS. The molecule has 0 saturated heterocycles. The molecule has 50 valence electrons. The summed E-state index contributed by atoms with van der Waals surface area (Å²) >= 11 is 0. The van der Waals surface area contributed by atoms with E-state index in [4.69, 9.17) is 0 Å². The molecule has 4 heteroatoms. The van der Waals surface area contributed by atoms with Crippen LogP contribution in [0.4, 0.5) is 0 Å². The van der Waals surface area contributed by atoms with Gasteiger partial charge in [0.2, 0.25) is 0 Å². The van der Waals surface area contributed by atoms with Gasteiger partial charge < -0.3 is 0 Å². The molecule has 9 heavy (non-hydrogen) atoms. The molecule has 0 amide bonds. The number of H-pyrrole nitrogens is 1. The van der Waals surface area contributed by atoms with Crippen molar-refractivity contribution in [3.05, 3.63) is 12.4 Å². The maximum absolute atomic E-state index is 10.9. The van der Waals surface area contributed by atoms with Gasteiger partial charge in [0.1, 0.15) is 0 Å². The lowest BCUT2D eigenvalue weighted by molar-refractivity contribution is 0.684. The Morgan fingerprint density at radius 1 is 1.89 bits per heavy atom. The molecule has 3 nitrogen and oxygen atoms in total. The lowest BCUT2D eigenvalue weighted by Gasteiger charge is -1.87. The van der Waals surface area contributed by atoms with E-state index < -0.39 is 10.8 Å². The van der Waals surface area contributed by atoms with Gasteiger partial charge in [-0.05, 0) is 0 Å². The average Bonchev–Trinajstić information content (AvgIpc) is 2.37. The number of aromatic nitrogens is 2. The number of nitrogens with zero attached hydrogens (tertiary/aromatic N) is 1. The minimum atomic E-state index is -0.853. The van der Waals surface area contributed by atoms with Gasteiger partial charge in [0, 0.05) is 11.9 Å². The quantitative estimate of drug-likeness (QED) is 0.658. The van der Waals surface area contributed by atoms with Crippen LogP contribution in [-0.2, 0) is 10.8 Å². The third-order valence-electron chi connectivity index (χ3n) is 0.998. The predicted octanol–water partition coefficient (Wildman–Crippen LogP) is 0.537. The first-order valence-electron chi connectivity index (χ1n) is 2.71. The average molecular weight is 144 g/mol. The maximum Gasteiger partial charge on any atom is 0.0764 e. The standard InChI is InChI=1S/C5H8N2OS/c1-2-9(8)5-3-6-7-4-5/h3-4H,2H2,1H3,(H,6,7). The molecule has 1 rings (SSSR count). The maximum atomic E-state index is 10.9. The van der Waals surface area contributed by atoms with Crippen LogP contribution in [-0.4, -0.2) is 20.2 Å². The van der Waals surface area contributed by atoms with Crippen molar-refractivity contribution in [1.82, 2.24) is 10.2 Å². The molecule has 1 heterocycles. The van der Waals surface area contributed by atoms with Gasteiger partial charge in [0.15, 0.2) is 0 Å². The van der Waals surface area contributed by atoms with E-state index in [1.54, 1.807) is 12.4 Å². The van der Waals surface area contributed by atoms with Crippen LogP contribution in [0.15, 0.2) is 17.3 Å². The summed E-state index contributed by atoms with van der Waals surface area (Å²) in [5, 5.41) is 6.28. The van der Waals surface area contributed by atoms with E-state index in [1.807, 2.05) is 6.92 Å². The molecule has 0 bridgehead atoms. The van der Waals surface area contributed by atoms with Crippen molar-refractivity contribution in [2.45, 2.75) is 11.8 Å². The summed E-state index contributed by atoms with van der Waals surface area (Å²) in [5.74, 6) is 0.652. The molecule has 0 aromatic carbocycles. The summed E-state index contributed by atoms with van der Waals surface area (Å²) in [6, 6.07) is 0. The Morgan fingerprint density at radius 3 is 3.11 bits per heavy atom. The Kier molecular flexibility index (Phi) is 2.00. The Morgan fingerprint density at radius 2 is 2.67 bits per heavy atom. The smallest absolute Gasteiger partial charge is 0.0764 e. The molecule has 1 aromatic heterocycles. The fourth-order valence-electron chi connectivity index (χ4n) is 0.530.